The van der Waals surface area contributed by atoms with Crippen molar-refractivity contribution in [3.8, 4) is 0 Å². The smallest absolute Gasteiger partial charge is 0.224 e. The number of benzene rings is 1. The molecule has 0 bridgehead atoms. The van der Waals surface area contributed by atoms with E-state index in [1.807, 2.05) is 44.2 Å². The van der Waals surface area contributed by atoms with Crippen LogP contribution in [0.4, 0.5) is 0 Å². The predicted octanol–water partition coefficient (Wildman–Crippen LogP) is 2.38. The van der Waals surface area contributed by atoms with E-state index >= 15 is 0 Å². The van der Waals surface area contributed by atoms with E-state index in [0.717, 1.165) is 5.56 Å². The second-order valence-corrected chi connectivity index (χ2v) is 6.51. The van der Waals surface area contributed by atoms with E-state index in [9.17, 15) is 14.4 Å². The topological polar surface area (TPSA) is 86.5 Å². The van der Waals surface area contributed by atoms with Gasteiger partial charge in [0, 0.05) is 19.4 Å². The second-order valence-electron chi connectivity index (χ2n) is 6.51. The summed E-state index contributed by atoms with van der Waals surface area (Å²) in [4.78, 5) is 36.6. The third kappa shape index (κ3) is 8.38. The number of carbonyl (C=O) groups excluding carboxylic acids is 3. The fourth-order valence-electron chi connectivity index (χ4n) is 2.62. The van der Waals surface area contributed by atoms with E-state index in [0.29, 0.717) is 18.8 Å². The highest BCUT2D eigenvalue weighted by Gasteiger charge is 2.29. The van der Waals surface area contributed by atoms with Crippen molar-refractivity contribution in [2.75, 3.05) is 13.7 Å². The lowest BCUT2D eigenvalue weighted by molar-refractivity contribution is -0.142. The summed E-state index contributed by atoms with van der Waals surface area (Å²) >= 11 is 0. The van der Waals surface area contributed by atoms with Crippen LogP contribution in [-0.2, 0) is 25.5 Å². The minimum atomic E-state index is -0.694. The van der Waals surface area contributed by atoms with Crippen molar-refractivity contribution >= 4 is 29.8 Å². The first-order valence-electron chi connectivity index (χ1n) is 8.23. The Kier molecular flexibility index (Phi) is 11.2. The monoisotopic (exact) mass is 369 g/mol. The van der Waals surface area contributed by atoms with E-state index in [4.69, 9.17) is 10.5 Å². The summed E-state index contributed by atoms with van der Waals surface area (Å²) in [6.45, 7) is 3.71. The Balaban J connectivity index is 0.00000576. The van der Waals surface area contributed by atoms with Crippen molar-refractivity contribution in [1.82, 2.24) is 0 Å². The molecule has 0 radical (unpaired) electrons. The summed E-state index contributed by atoms with van der Waals surface area (Å²) in [5.74, 6) is -1.75. The van der Waals surface area contributed by atoms with Gasteiger partial charge in [-0.1, -0.05) is 44.2 Å². The van der Waals surface area contributed by atoms with Crippen LogP contribution in [0.2, 0.25) is 0 Å². The Morgan fingerprint density at radius 1 is 1.12 bits per heavy atom. The largest absolute Gasteiger partial charge is 0.376 e. The minimum absolute atomic E-state index is 0. The van der Waals surface area contributed by atoms with E-state index in [-0.39, 0.29) is 31.2 Å². The molecule has 2 N–H and O–H groups in total. The maximum absolute atomic E-state index is 12.4. The molecular weight excluding hydrogens is 342 g/mol. The molecule has 25 heavy (non-hydrogen) atoms. The summed E-state index contributed by atoms with van der Waals surface area (Å²) in [6.07, 6.45) is 0.892. The van der Waals surface area contributed by atoms with E-state index < -0.39 is 23.5 Å². The zero-order chi connectivity index (χ0) is 18.1. The highest BCUT2D eigenvalue weighted by Crippen LogP contribution is 2.17. The van der Waals surface area contributed by atoms with Gasteiger partial charge in [-0.15, -0.1) is 12.4 Å². The molecule has 0 saturated heterocycles. The van der Waals surface area contributed by atoms with Crippen LogP contribution < -0.4 is 5.73 Å². The number of halogens is 1. The summed E-state index contributed by atoms with van der Waals surface area (Å²) in [5.41, 5.74) is 6.83. The number of carbonyl (C=O) groups is 3. The quantitative estimate of drug-likeness (QED) is 0.605. The molecule has 140 valence electrons. The second kappa shape index (κ2) is 11.9. The lowest BCUT2D eigenvalue weighted by atomic mass is 9.86. The number of hydrogen-bond donors (Lipinski definition) is 1. The molecule has 0 aliphatic heterocycles. The average molecular weight is 370 g/mol. The van der Waals surface area contributed by atoms with Gasteiger partial charge in [-0.05, 0) is 24.3 Å². The first-order valence-corrected chi connectivity index (χ1v) is 8.23. The van der Waals surface area contributed by atoms with Gasteiger partial charge in [0.25, 0.3) is 0 Å². The third-order valence-electron chi connectivity index (χ3n) is 3.83. The van der Waals surface area contributed by atoms with Crippen molar-refractivity contribution in [2.24, 2.45) is 17.6 Å². The molecule has 0 fully saturated rings. The molecule has 0 aliphatic carbocycles. The number of ether oxygens (including phenoxy) is 1. The molecule has 0 heterocycles. The Hall–Kier alpha value is -1.56. The standard InChI is InChI=1S/C19H27NO4.ClH/c1-13(2)9-16(20)17(21)11-15(19(23)18(22)12-24-3)10-14-7-5-4-6-8-14;/h4-8,13,15-16H,9-12,20H2,1-3H3;1H/t15?,16-;/m0./s1. The van der Waals surface area contributed by atoms with Gasteiger partial charge in [0.05, 0.1) is 6.04 Å². The van der Waals surface area contributed by atoms with Crippen LogP contribution >= 0.6 is 12.4 Å². The van der Waals surface area contributed by atoms with Crippen molar-refractivity contribution in [2.45, 2.75) is 39.2 Å². The highest BCUT2D eigenvalue weighted by atomic mass is 35.5. The number of hydrogen-bond acceptors (Lipinski definition) is 5. The number of ketones is 3. The SMILES string of the molecule is COCC(=O)C(=O)C(CC(=O)[C@@H](N)CC(C)C)Cc1ccccc1.Cl. The minimum Gasteiger partial charge on any atom is -0.376 e. The van der Waals surface area contributed by atoms with Gasteiger partial charge in [-0.25, -0.2) is 0 Å². The van der Waals surface area contributed by atoms with E-state index in [1.165, 1.54) is 7.11 Å². The van der Waals surface area contributed by atoms with Crippen LogP contribution in [-0.4, -0.2) is 37.1 Å². The molecule has 5 nitrogen and oxygen atoms in total. The van der Waals surface area contributed by atoms with Crippen LogP contribution in [0.3, 0.4) is 0 Å². The van der Waals surface area contributed by atoms with Crippen molar-refractivity contribution in [1.29, 1.82) is 0 Å². The van der Waals surface area contributed by atoms with Crippen LogP contribution in [0.1, 0.15) is 32.3 Å². The molecular formula is C19H28ClNO4. The molecule has 0 spiro atoms. The van der Waals surface area contributed by atoms with Gasteiger partial charge in [-0.2, -0.15) is 0 Å². The fourth-order valence-corrected chi connectivity index (χ4v) is 2.62. The Labute approximate surface area is 155 Å². The van der Waals surface area contributed by atoms with Crippen LogP contribution in [0.15, 0.2) is 30.3 Å². The molecule has 1 aromatic carbocycles. The van der Waals surface area contributed by atoms with Crippen molar-refractivity contribution in [3.05, 3.63) is 35.9 Å². The van der Waals surface area contributed by atoms with E-state index in [2.05, 4.69) is 0 Å². The van der Waals surface area contributed by atoms with Crippen LogP contribution in [0, 0.1) is 11.8 Å². The van der Waals surface area contributed by atoms with Gasteiger partial charge >= 0.3 is 0 Å². The van der Waals surface area contributed by atoms with Crippen LogP contribution in [0.5, 0.6) is 0 Å². The maximum atomic E-state index is 12.4. The molecule has 1 aromatic rings. The average Bonchev–Trinajstić information content (AvgIpc) is 2.54. The van der Waals surface area contributed by atoms with Gasteiger partial charge < -0.3 is 10.5 Å². The lowest BCUT2D eigenvalue weighted by Crippen LogP contribution is -2.37. The number of methoxy groups -OCH3 is 1. The first kappa shape index (κ1) is 23.4. The number of rotatable bonds is 11. The molecule has 1 rings (SSSR count). The number of nitrogens with two attached hydrogens (primary N) is 1. The van der Waals surface area contributed by atoms with Crippen LogP contribution in [0.25, 0.3) is 0 Å². The molecule has 6 heteroatoms. The van der Waals surface area contributed by atoms with Gasteiger partial charge in [-0.3, -0.25) is 14.4 Å². The normalized spacial score (nSPS) is 13.0. The van der Waals surface area contributed by atoms with Gasteiger partial charge in [0.15, 0.2) is 0 Å². The summed E-state index contributed by atoms with van der Waals surface area (Å²) in [6, 6.07) is 8.74. The van der Waals surface area contributed by atoms with E-state index in [1.54, 1.807) is 0 Å². The zero-order valence-corrected chi connectivity index (χ0v) is 15.9. The maximum Gasteiger partial charge on any atom is 0.224 e. The fraction of sp³-hybridized carbons (Fsp3) is 0.526. The van der Waals surface area contributed by atoms with Gasteiger partial charge in [0.2, 0.25) is 11.6 Å². The summed E-state index contributed by atoms with van der Waals surface area (Å²) < 4.78 is 4.75. The molecule has 1 unspecified atom stereocenters. The Bertz CT molecular complexity index is 560. The number of Topliss-reactive ketones (excluding diaryl/α,β-unsaturated/α-hetero) is 3. The molecule has 2 atom stereocenters. The van der Waals surface area contributed by atoms with Crippen molar-refractivity contribution in [3.63, 3.8) is 0 Å². The summed E-state index contributed by atoms with van der Waals surface area (Å²) in [5, 5.41) is 0. The Morgan fingerprint density at radius 3 is 2.24 bits per heavy atom. The zero-order valence-electron chi connectivity index (χ0n) is 15.1. The summed E-state index contributed by atoms with van der Waals surface area (Å²) in [7, 11) is 1.36. The molecule has 0 saturated carbocycles. The predicted molar refractivity (Wildman–Crippen MR) is 99.8 cm³/mol. The molecule has 0 aliphatic rings. The lowest BCUT2D eigenvalue weighted by Gasteiger charge is -2.18. The van der Waals surface area contributed by atoms with Crippen molar-refractivity contribution < 1.29 is 19.1 Å². The molecule has 0 amide bonds. The highest BCUT2D eigenvalue weighted by molar-refractivity contribution is 6.38. The molecule has 0 aromatic heterocycles. The third-order valence-corrected chi connectivity index (χ3v) is 3.83. The van der Waals surface area contributed by atoms with Gasteiger partial charge in [0.1, 0.15) is 12.4 Å². The first-order chi connectivity index (χ1) is 11.3. The Morgan fingerprint density at radius 2 is 1.72 bits per heavy atom.